The van der Waals surface area contributed by atoms with Crippen molar-refractivity contribution in [2.75, 3.05) is 0 Å². The molecule has 2 aliphatic heterocycles. The fraction of sp³-hybridized carbons (Fsp3) is 0.282. The molecule has 0 aromatic heterocycles. The van der Waals surface area contributed by atoms with Crippen LogP contribution in [0.2, 0.25) is 0 Å². The molecular formula is C39H38O9. The van der Waals surface area contributed by atoms with Crippen molar-refractivity contribution in [1.29, 1.82) is 0 Å². The summed E-state index contributed by atoms with van der Waals surface area (Å²) in [6.07, 6.45) is 6.53. The molecule has 4 atom stereocenters. The molecule has 0 amide bonds. The van der Waals surface area contributed by atoms with Gasteiger partial charge in [-0.05, 0) is 93.6 Å². The van der Waals surface area contributed by atoms with Crippen molar-refractivity contribution in [1.82, 2.24) is 0 Å². The van der Waals surface area contributed by atoms with Crippen LogP contribution in [-0.4, -0.2) is 41.3 Å². The Labute approximate surface area is 277 Å². The van der Waals surface area contributed by atoms with Gasteiger partial charge < -0.3 is 45.2 Å². The number of ether oxygens (including phenoxy) is 2. The normalized spacial score (nSPS) is 22.6. The van der Waals surface area contributed by atoms with E-state index in [9.17, 15) is 35.7 Å². The quantitative estimate of drug-likeness (QED) is 0.0841. The van der Waals surface area contributed by atoms with E-state index in [4.69, 9.17) is 9.47 Å². The number of fused-ring (bicyclic) bond motifs is 4. The molecule has 9 heteroatoms. The second-order valence-corrected chi connectivity index (χ2v) is 13.8. The SMILES string of the molecule is CC1=CC2c3c(O)cc(C=Cc4ccc(O)cc4O)cc3OC3(c4ccc(O)c(CCC(C)(C)O)c4O)Oc4cc(O)ccc4C(C1)C23. The van der Waals surface area contributed by atoms with E-state index in [0.717, 1.165) is 11.1 Å². The van der Waals surface area contributed by atoms with Gasteiger partial charge in [0, 0.05) is 40.7 Å². The highest BCUT2D eigenvalue weighted by Crippen LogP contribution is 2.65. The summed E-state index contributed by atoms with van der Waals surface area (Å²) in [6, 6.07) is 15.7. The van der Waals surface area contributed by atoms with Gasteiger partial charge in [-0.2, -0.15) is 0 Å². The average Bonchev–Trinajstić information content (AvgIpc) is 2.99. The first-order valence-electron chi connectivity index (χ1n) is 16.0. The first-order chi connectivity index (χ1) is 22.7. The lowest BCUT2D eigenvalue weighted by atomic mass is 9.61. The van der Waals surface area contributed by atoms with Crippen molar-refractivity contribution in [2.24, 2.45) is 5.92 Å². The van der Waals surface area contributed by atoms with Crippen molar-refractivity contribution < 1.29 is 45.2 Å². The Hall–Kier alpha value is -5.28. The maximum absolute atomic E-state index is 11.9. The van der Waals surface area contributed by atoms with E-state index < -0.39 is 23.2 Å². The number of phenols is 6. The largest absolute Gasteiger partial charge is 0.508 e. The monoisotopic (exact) mass is 650 g/mol. The first-order valence-corrected chi connectivity index (χ1v) is 16.0. The molecule has 4 aromatic carbocycles. The number of aromatic hydroxyl groups is 6. The molecule has 248 valence electrons. The zero-order valence-electron chi connectivity index (χ0n) is 26.8. The van der Waals surface area contributed by atoms with Gasteiger partial charge in [-0.25, -0.2) is 0 Å². The smallest absolute Gasteiger partial charge is 0.285 e. The molecule has 0 saturated carbocycles. The maximum Gasteiger partial charge on any atom is 0.285 e. The molecule has 0 bridgehead atoms. The highest BCUT2D eigenvalue weighted by atomic mass is 16.7. The third kappa shape index (κ3) is 5.24. The summed E-state index contributed by atoms with van der Waals surface area (Å²) in [5.41, 5.74) is 3.00. The van der Waals surface area contributed by atoms with Gasteiger partial charge >= 0.3 is 0 Å². The lowest BCUT2D eigenvalue weighted by Crippen LogP contribution is -2.56. The zero-order chi connectivity index (χ0) is 34.1. The third-order valence-electron chi connectivity index (χ3n) is 9.75. The fourth-order valence-corrected chi connectivity index (χ4v) is 7.55. The molecule has 0 fully saturated rings. The summed E-state index contributed by atoms with van der Waals surface area (Å²) < 4.78 is 13.7. The van der Waals surface area contributed by atoms with Crippen molar-refractivity contribution >= 4 is 12.2 Å². The molecule has 0 saturated heterocycles. The molecule has 4 unspecified atom stereocenters. The van der Waals surface area contributed by atoms with Crippen LogP contribution in [0, 0.1) is 5.92 Å². The van der Waals surface area contributed by atoms with Gasteiger partial charge in [-0.3, -0.25) is 0 Å². The minimum Gasteiger partial charge on any atom is -0.508 e. The van der Waals surface area contributed by atoms with Crippen LogP contribution in [-0.2, 0) is 12.2 Å². The van der Waals surface area contributed by atoms with E-state index in [-0.39, 0.29) is 64.4 Å². The lowest BCUT2D eigenvalue weighted by molar-refractivity contribution is -0.198. The van der Waals surface area contributed by atoms with Gasteiger partial charge in [0.15, 0.2) is 0 Å². The van der Waals surface area contributed by atoms with E-state index in [0.29, 0.717) is 34.6 Å². The van der Waals surface area contributed by atoms with Crippen LogP contribution in [0.3, 0.4) is 0 Å². The van der Waals surface area contributed by atoms with Gasteiger partial charge in [-0.15, -0.1) is 0 Å². The van der Waals surface area contributed by atoms with Gasteiger partial charge in [0.1, 0.15) is 46.0 Å². The number of aliphatic hydroxyl groups is 1. The highest BCUT2D eigenvalue weighted by Gasteiger charge is 2.62. The summed E-state index contributed by atoms with van der Waals surface area (Å²) in [5, 5.41) is 75.3. The van der Waals surface area contributed by atoms with Crippen LogP contribution in [0.1, 0.15) is 78.8 Å². The Kier molecular flexibility index (Phi) is 7.29. The molecule has 2 heterocycles. The minimum absolute atomic E-state index is 0.00142. The molecule has 0 radical (unpaired) electrons. The number of phenolic OH excluding ortho intramolecular Hbond substituents is 6. The van der Waals surface area contributed by atoms with Crippen molar-refractivity contribution in [3.63, 3.8) is 0 Å². The first kappa shape index (κ1) is 31.3. The van der Waals surface area contributed by atoms with Gasteiger partial charge in [0.25, 0.3) is 5.79 Å². The topological polar surface area (TPSA) is 160 Å². The number of rotatable bonds is 6. The van der Waals surface area contributed by atoms with Crippen LogP contribution in [0.4, 0.5) is 0 Å². The Bertz CT molecular complexity index is 2000. The molecule has 7 rings (SSSR count). The van der Waals surface area contributed by atoms with Crippen LogP contribution < -0.4 is 9.47 Å². The predicted molar refractivity (Wildman–Crippen MR) is 180 cm³/mol. The number of allylic oxidation sites excluding steroid dienone is 2. The van der Waals surface area contributed by atoms with Crippen molar-refractivity contribution in [3.05, 3.63) is 106 Å². The zero-order valence-corrected chi connectivity index (χ0v) is 26.8. The van der Waals surface area contributed by atoms with Crippen LogP contribution in [0.25, 0.3) is 12.2 Å². The highest BCUT2D eigenvalue weighted by molar-refractivity contribution is 5.75. The maximum atomic E-state index is 11.9. The standard InChI is InChI=1S/C39H38O9/c1-20-14-27-25-9-8-24(41)19-33(25)47-39(29-10-11-30(42)26(37(29)45)12-13-38(2,3)46)36(27)28(15-20)35-32(44)16-21(17-34(35)48-39)4-5-22-6-7-23(40)18-31(22)43/h4-11,15-19,27-28,36,40-46H,12-14H2,1-3H3. The summed E-state index contributed by atoms with van der Waals surface area (Å²) >= 11 is 0. The van der Waals surface area contributed by atoms with Crippen molar-refractivity contribution in [2.45, 2.75) is 63.3 Å². The third-order valence-corrected chi connectivity index (χ3v) is 9.75. The molecular weight excluding hydrogens is 612 g/mol. The van der Waals surface area contributed by atoms with Crippen molar-refractivity contribution in [3.8, 4) is 46.0 Å². The van der Waals surface area contributed by atoms with Gasteiger partial charge in [0.2, 0.25) is 0 Å². The summed E-state index contributed by atoms with van der Waals surface area (Å²) in [4.78, 5) is 0. The molecule has 4 aromatic rings. The van der Waals surface area contributed by atoms with E-state index in [1.165, 1.54) is 24.3 Å². The van der Waals surface area contributed by atoms with E-state index in [1.807, 2.05) is 13.0 Å². The van der Waals surface area contributed by atoms with Crippen LogP contribution in [0.5, 0.6) is 46.0 Å². The second-order valence-electron chi connectivity index (χ2n) is 13.8. The second kappa shape index (κ2) is 11.2. The molecule has 3 aliphatic rings. The Morgan fingerprint density at radius 1 is 0.812 bits per heavy atom. The van der Waals surface area contributed by atoms with E-state index in [2.05, 4.69) is 6.08 Å². The molecule has 9 nitrogen and oxygen atoms in total. The molecule has 1 aliphatic carbocycles. The Balaban J connectivity index is 1.43. The molecule has 0 spiro atoms. The van der Waals surface area contributed by atoms with Crippen LogP contribution in [0.15, 0.2) is 72.3 Å². The predicted octanol–water partition coefficient (Wildman–Crippen LogP) is 7.27. The summed E-state index contributed by atoms with van der Waals surface area (Å²) in [5.74, 6) is -2.58. The fourth-order valence-electron chi connectivity index (χ4n) is 7.55. The van der Waals surface area contributed by atoms with Gasteiger partial charge in [-0.1, -0.05) is 29.9 Å². The Morgan fingerprint density at radius 2 is 1.54 bits per heavy atom. The number of hydrogen-bond donors (Lipinski definition) is 7. The minimum atomic E-state index is -1.66. The Morgan fingerprint density at radius 3 is 2.29 bits per heavy atom. The lowest BCUT2D eigenvalue weighted by Gasteiger charge is -2.55. The summed E-state index contributed by atoms with van der Waals surface area (Å²) in [6.45, 7) is 5.35. The van der Waals surface area contributed by atoms with E-state index >= 15 is 0 Å². The number of benzene rings is 4. The van der Waals surface area contributed by atoms with Crippen LogP contribution >= 0.6 is 0 Å². The average molecular weight is 651 g/mol. The summed E-state index contributed by atoms with van der Waals surface area (Å²) in [7, 11) is 0. The van der Waals surface area contributed by atoms with E-state index in [1.54, 1.807) is 56.3 Å². The number of hydrogen-bond acceptors (Lipinski definition) is 9. The molecule has 48 heavy (non-hydrogen) atoms. The molecule has 7 N–H and O–H groups in total. The van der Waals surface area contributed by atoms with Gasteiger partial charge in [0.05, 0.1) is 17.1 Å².